The molecule has 0 amide bonds. The van der Waals surface area contributed by atoms with Crippen LogP contribution in [0.4, 0.5) is 0 Å². The summed E-state index contributed by atoms with van der Waals surface area (Å²) in [6.07, 6.45) is 3.60. The van der Waals surface area contributed by atoms with E-state index in [2.05, 4.69) is 0 Å². The highest BCUT2D eigenvalue weighted by molar-refractivity contribution is 7.89. The predicted octanol–water partition coefficient (Wildman–Crippen LogP) is 2.39. The van der Waals surface area contributed by atoms with E-state index in [4.69, 9.17) is 5.26 Å². The normalized spacial score (nSPS) is 16.0. The molecule has 1 aliphatic carbocycles. The maximum Gasteiger partial charge on any atom is 0.243 e. The molecule has 5 heteroatoms. The number of sulfonamides is 1. The molecule has 0 aromatic heterocycles. The molecule has 1 aromatic rings. The summed E-state index contributed by atoms with van der Waals surface area (Å²) in [4.78, 5) is 0.312. The van der Waals surface area contributed by atoms with E-state index >= 15 is 0 Å². The summed E-state index contributed by atoms with van der Waals surface area (Å²) in [5.41, 5.74) is 0. The monoisotopic (exact) mass is 278 g/mol. The van der Waals surface area contributed by atoms with Crippen LogP contribution in [-0.4, -0.2) is 25.8 Å². The molecule has 4 nitrogen and oxygen atoms in total. The van der Waals surface area contributed by atoms with E-state index in [1.807, 2.05) is 6.07 Å². The second-order valence-electron chi connectivity index (χ2n) is 4.88. The van der Waals surface area contributed by atoms with Gasteiger partial charge in [-0.05, 0) is 30.9 Å². The van der Waals surface area contributed by atoms with Crippen molar-refractivity contribution in [2.24, 2.45) is 5.92 Å². The first kappa shape index (κ1) is 14.0. The summed E-state index contributed by atoms with van der Waals surface area (Å²) in [7, 11) is -3.46. The van der Waals surface area contributed by atoms with Gasteiger partial charge >= 0.3 is 0 Å². The molecular weight excluding hydrogens is 260 g/mol. The van der Waals surface area contributed by atoms with Crippen LogP contribution < -0.4 is 0 Å². The van der Waals surface area contributed by atoms with Gasteiger partial charge in [0.1, 0.15) is 0 Å². The lowest BCUT2D eigenvalue weighted by Crippen LogP contribution is -2.38. The standard InChI is InChI=1S/C14H18N2O2S/c15-10-5-11-16(12-13-6-4-7-13)19(17,18)14-8-2-1-3-9-14/h1-3,8-9,13H,4-7,11-12H2. The molecule has 0 atom stereocenters. The van der Waals surface area contributed by atoms with Crippen LogP contribution in [-0.2, 0) is 10.0 Å². The molecule has 0 bridgehead atoms. The summed E-state index contributed by atoms with van der Waals surface area (Å²) >= 11 is 0. The van der Waals surface area contributed by atoms with Gasteiger partial charge < -0.3 is 0 Å². The number of rotatable bonds is 6. The minimum atomic E-state index is -3.46. The summed E-state index contributed by atoms with van der Waals surface area (Å²) < 4.78 is 26.5. The smallest absolute Gasteiger partial charge is 0.207 e. The molecule has 2 rings (SSSR count). The van der Waals surface area contributed by atoms with Crippen molar-refractivity contribution in [1.29, 1.82) is 5.26 Å². The Hall–Kier alpha value is -1.38. The Balaban J connectivity index is 2.18. The largest absolute Gasteiger partial charge is 0.243 e. The van der Waals surface area contributed by atoms with Crippen LogP contribution in [0.15, 0.2) is 35.2 Å². The van der Waals surface area contributed by atoms with E-state index in [0.717, 1.165) is 12.8 Å². The highest BCUT2D eigenvalue weighted by Gasteiger charge is 2.29. The quantitative estimate of drug-likeness (QED) is 0.802. The van der Waals surface area contributed by atoms with Gasteiger partial charge in [-0.2, -0.15) is 9.57 Å². The Morgan fingerprint density at radius 1 is 1.26 bits per heavy atom. The molecule has 1 saturated carbocycles. The molecule has 19 heavy (non-hydrogen) atoms. The second kappa shape index (κ2) is 6.18. The van der Waals surface area contributed by atoms with Crippen LogP contribution >= 0.6 is 0 Å². The van der Waals surface area contributed by atoms with Gasteiger partial charge in [0.2, 0.25) is 10.0 Å². The van der Waals surface area contributed by atoms with Gasteiger partial charge in [-0.3, -0.25) is 0 Å². The molecule has 1 fully saturated rings. The Morgan fingerprint density at radius 2 is 1.95 bits per heavy atom. The van der Waals surface area contributed by atoms with Crippen molar-refractivity contribution >= 4 is 10.0 Å². The molecule has 0 aliphatic heterocycles. The van der Waals surface area contributed by atoms with Gasteiger partial charge in [-0.25, -0.2) is 8.42 Å². The number of nitriles is 1. The van der Waals surface area contributed by atoms with Crippen LogP contribution in [0.2, 0.25) is 0 Å². The maximum atomic E-state index is 12.5. The van der Waals surface area contributed by atoms with Crippen molar-refractivity contribution in [2.75, 3.05) is 13.1 Å². The van der Waals surface area contributed by atoms with Gasteiger partial charge in [-0.15, -0.1) is 0 Å². The number of hydrogen-bond donors (Lipinski definition) is 0. The molecular formula is C14H18N2O2S. The topological polar surface area (TPSA) is 61.2 Å². The number of benzene rings is 1. The summed E-state index contributed by atoms with van der Waals surface area (Å²) in [5, 5.41) is 8.69. The van der Waals surface area contributed by atoms with E-state index in [9.17, 15) is 8.42 Å². The van der Waals surface area contributed by atoms with Crippen LogP contribution in [0, 0.1) is 17.2 Å². The zero-order chi connectivity index (χ0) is 13.7. The van der Waals surface area contributed by atoms with Gasteiger partial charge in [0.15, 0.2) is 0 Å². The highest BCUT2D eigenvalue weighted by Crippen LogP contribution is 2.29. The lowest BCUT2D eigenvalue weighted by atomic mass is 9.85. The summed E-state index contributed by atoms with van der Waals surface area (Å²) in [6.45, 7) is 0.823. The van der Waals surface area contributed by atoms with Crippen molar-refractivity contribution in [1.82, 2.24) is 4.31 Å². The lowest BCUT2D eigenvalue weighted by molar-refractivity contribution is 0.247. The van der Waals surface area contributed by atoms with Crippen molar-refractivity contribution in [2.45, 2.75) is 30.6 Å². The number of hydrogen-bond acceptors (Lipinski definition) is 3. The van der Waals surface area contributed by atoms with Gasteiger partial charge in [0.05, 0.1) is 11.0 Å². The van der Waals surface area contributed by atoms with Gasteiger partial charge in [0.25, 0.3) is 0 Å². The molecule has 0 spiro atoms. The molecule has 0 heterocycles. The van der Waals surface area contributed by atoms with Crippen LogP contribution in [0.3, 0.4) is 0 Å². The minimum absolute atomic E-state index is 0.235. The average molecular weight is 278 g/mol. The molecule has 0 radical (unpaired) electrons. The lowest BCUT2D eigenvalue weighted by Gasteiger charge is -2.31. The average Bonchev–Trinajstić information content (AvgIpc) is 2.37. The highest BCUT2D eigenvalue weighted by atomic mass is 32.2. The minimum Gasteiger partial charge on any atom is -0.207 e. The van der Waals surface area contributed by atoms with Crippen molar-refractivity contribution in [3.8, 4) is 6.07 Å². The van der Waals surface area contributed by atoms with E-state index < -0.39 is 10.0 Å². The Kier molecular flexibility index (Phi) is 4.56. The fraction of sp³-hybridized carbons (Fsp3) is 0.500. The van der Waals surface area contributed by atoms with E-state index in [1.165, 1.54) is 10.7 Å². The second-order valence-corrected chi connectivity index (χ2v) is 6.82. The first-order chi connectivity index (χ1) is 9.14. The Labute approximate surface area is 114 Å². The third kappa shape index (κ3) is 3.34. The van der Waals surface area contributed by atoms with Crippen molar-refractivity contribution < 1.29 is 8.42 Å². The zero-order valence-electron chi connectivity index (χ0n) is 10.8. The van der Waals surface area contributed by atoms with Crippen LogP contribution in [0.1, 0.15) is 25.7 Å². The third-order valence-electron chi connectivity index (χ3n) is 3.54. The first-order valence-electron chi connectivity index (χ1n) is 6.57. The molecule has 1 aromatic carbocycles. The van der Waals surface area contributed by atoms with Gasteiger partial charge in [-0.1, -0.05) is 24.6 Å². The third-order valence-corrected chi connectivity index (χ3v) is 5.42. The molecule has 0 unspecified atom stereocenters. The van der Waals surface area contributed by atoms with Crippen molar-refractivity contribution in [3.63, 3.8) is 0 Å². The summed E-state index contributed by atoms with van der Waals surface area (Å²) in [6, 6.07) is 10.5. The van der Waals surface area contributed by atoms with Crippen molar-refractivity contribution in [3.05, 3.63) is 30.3 Å². The predicted molar refractivity (Wildman–Crippen MR) is 72.8 cm³/mol. The molecule has 0 saturated heterocycles. The Morgan fingerprint density at radius 3 is 2.47 bits per heavy atom. The maximum absolute atomic E-state index is 12.5. The Bertz CT molecular complexity index is 545. The van der Waals surface area contributed by atoms with E-state index in [0.29, 0.717) is 17.4 Å². The molecule has 102 valence electrons. The zero-order valence-corrected chi connectivity index (χ0v) is 11.6. The van der Waals surface area contributed by atoms with Gasteiger partial charge in [0, 0.05) is 19.5 Å². The summed E-state index contributed by atoms with van der Waals surface area (Å²) in [5.74, 6) is 0.456. The SMILES string of the molecule is N#CCCN(CC1CCC1)S(=O)(=O)c1ccccc1. The van der Waals surface area contributed by atoms with E-state index in [-0.39, 0.29) is 13.0 Å². The fourth-order valence-electron chi connectivity index (χ4n) is 2.19. The van der Waals surface area contributed by atoms with Crippen LogP contribution in [0.5, 0.6) is 0 Å². The molecule has 1 aliphatic rings. The fourth-order valence-corrected chi connectivity index (χ4v) is 3.73. The first-order valence-corrected chi connectivity index (χ1v) is 8.01. The molecule has 0 N–H and O–H groups in total. The van der Waals surface area contributed by atoms with E-state index in [1.54, 1.807) is 30.3 Å². The number of nitrogens with zero attached hydrogens (tertiary/aromatic N) is 2. The van der Waals surface area contributed by atoms with Crippen LogP contribution in [0.25, 0.3) is 0 Å².